The predicted octanol–water partition coefficient (Wildman–Crippen LogP) is 3.18. The molecule has 0 aliphatic carbocycles. The molecule has 6 nitrogen and oxygen atoms in total. The Hall–Kier alpha value is -2.55. The van der Waals surface area contributed by atoms with Crippen molar-refractivity contribution in [2.24, 2.45) is 4.99 Å². The van der Waals surface area contributed by atoms with Crippen LogP contribution in [-0.4, -0.2) is 26.4 Å². The minimum Gasteiger partial charge on any atom is -0.326 e. The van der Waals surface area contributed by atoms with E-state index in [2.05, 4.69) is 62.4 Å². The van der Waals surface area contributed by atoms with Crippen molar-refractivity contribution in [1.82, 2.24) is 14.8 Å². The molecule has 0 saturated heterocycles. The van der Waals surface area contributed by atoms with Gasteiger partial charge in [-0.1, -0.05) is 12.1 Å². The van der Waals surface area contributed by atoms with E-state index in [9.17, 15) is 4.79 Å². The number of aromatic nitrogens is 3. The predicted molar refractivity (Wildman–Crippen MR) is 104 cm³/mol. The molecule has 1 N–H and O–H groups in total. The first-order valence-electron chi connectivity index (χ1n) is 7.73. The van der Waals surface area contributed by atoms with Crippen LogP contribution >= 0.6 is 22.6 Å². The molecule has 0 fully saturated rings. The summed E-state index contributed by atoms with van der Waals surface area (Å²) in [7, 11) is 0. The van der Waals surface area contributed by atoms with Gasteiger partial charge < -0.3 is 5.32 Å². The highest BCUT2D eigenvalue weighted by Crippen LogP contribution is 2.27. The lowest BCUT2D eigenvalue weighted by atomic mass is 10.00. The Balaban J connectivity index is 1.91. The first kappa shape index (κ1) is 15.9. The maximum Gasteiger partial charge on any atom is 0.221 e. The molecule has 0 atom stereocenters. The lowest BCUT2D eigenvalue weighted by Gasteiger charge is -2.13. The molecule has 2 aromatic carbocycles. The molecule has 2 heterocycles. The van der Waals surface area contributed by atoms with Gasteiger partial charge in [0.25, 0.3) is 0 Å². The molecular weight excluding hydrogens is 429 g/mol. The fourth-order valence-corrected chi connectivity index (χ4v) is 3.23. The molecule has 124 valence electrons. The van der Waals surface area contributed by atoms with Crippen molar-refractivity contribution in [2.75, 3.05) is 5.32 Å². The summed E-state index contributed by atoms with van der Waals surface area (Å²) in [5, 5.41) is 11.0. The molecule has 0 saturated carbocycles. The van der Waals surface area contributed by atoms with Crippen molar-refractivity contribution in [3.63, 3.8) is 0 Å². The molecule has 1 aromatic heterocycles. The fourth-order valence-electron chi connectivity index (χ4n) is 2.87. The number of hydrogen-bond donors (Lipinski definition) is 1. The zero-order chi connectivity index (χ0) is 17.4. The van der Waals surface area contributed by atoms with E-state index < -0.39 is 0 Å². The Kier molecular flexibility index (Phi) is 4.08. The summed E-state index contributed by atoms with van der Waals surface area (Å²) in [6, 6.07) is 14.0. The monoisotopic (exact) mass is 443 g/mol. The molecule has 4 rings (SSSR count). The average Bonchev–Trinajstić information content (AvgIpc) is 2.99. The highest BCUT2D eigenvalue weighted by molar-refractivity contribution is 14.1. The number of halogens is 1. The highest BCUT2D eigenvalue weighted by atomic mass is 127. The van der Waals surface area contributed by atoms with E-state index >= 15 is 0 Å². The summed E-state index contributed by atoms with van der Waals surface area (Å²) >= 11 is 2.28. The molecule has 0 radical (unpaired) electrons. The average molecular weight is 443 g/mol. The number of nitrogens with zero attached hydrogens (tertiary/aromatic N) is 4. The molecule has 1 amide bonds. The van der Waals surface area contributed by atoms with Gasteiger partial charge in [-0.3, -0.25) is 14.4 Å². The van der Waals surface area contributed by atoms with Crippen LogP contribution in [0.2, 0.25) is 0 Å². The van der Waals surface area contributed by atoms with Gasteiger partial charge in [0.05, 0.1) is 11.4 Å². The number of fused-ring (bicyclic) bond motifs is 3. The van der Waals surface area contributed by atoms with Gasteiger partial charge in [-0.2, -0.15) is 0 Å². The Morgan fingerprint density at radius 3 is 2.76 bits per heavy atom. The van der Waals surface area contributed by atoms with Crippen molar-refractivity contribution in [1.29, 1.82) is 0 Å². The second-order valence-corrected chi connectivity index (χ2v) is 6.95. The van der Waals surface area contributed by atoms with E-state index in [1.165, 1.54) is 10.5 Å². The SMILES string of the molecule is CC(=O)Nc1ccc2c(c1)C(c1ccc(I)cc1)=NCc1nncn1-2. The van der Waals surface area contributed by atoms with Gasteiger partial charge >= 0.3 is 0 Å². The third-order valence-corrected chi connectivity index (χ3v) is 4.67. The number of nitrogens with one attached hydrogen (secondary N) is 1. The third-order valence-electron chi connectivity index (χ3n) is 3.95. The first-order chi connectivity index (χ1) is 12.1. The summed E-state index contributed by atoms with van der Waals surface area (Å²) < 4.78 is 3.11. The van der Waals surface area contributed by atoms with E-state index in [0.29, 0.717) is 6.54 Å². The number of aliphatic imine (C=N–C) groups is 1. The second kappa shape index (κ2) is 6.40. The van der Waals surface area contributed by atoms with Crippen molar-refractivity contribution in [2.45, 2.75) is 13.5 Å². The zero-order valence-electron chi connectivity index (χ0n) is 13.4. The number of amides is 1. The van der Waals surface area contributed by atoms with Gasteiger partial charge in [0.2, 0.25) is 5.91 Å². The largest absolute Gasteiger partial charge is 0.326 e. The lowest BCUT2D eigenvalue weighted by molar-refractivity contribution is -0.114. The summed E-state index contributed by atoms with van der Waals surface area (Å²) in [5.74, 6) is 0.681. The maximum atomic E-state index is 11.4. The van der Waals surface area contributed by atoms with Gasteiger partial charge in [0.15, 0.2) is 5.82 Å². The van der Waals surface area contributed by atoms with E-state index in [1.54, 1.807) is 6.33 Å². The molecule has 1 aliphatic heterocycles. The fraction of sp³-hybridized carbons (Fsp3) is 0.111. The maximum absolute atomic E-state index is 11.4. The lowest BCUT2D eigenvalue weighted by Crippen LogP contribution is -2.10. The van der Waals surface area contributed by atoms with Crippen LogP contribution < -0.4 is 5.32 Å². The van der Waals surface area contributed by atoms with Crippen molar-refractivity contribution >= 4 is 39.9 Å². The Labute approximate surface area is 158 Å². The number of carbonyl (C=O) groups excluding carboxylic acids is 1. The van der Waals surface area contributed by atoms with Gasteiger partial charge in [-0.05, 0) is 52.9 Å². The molecule has 7 heteroatoms. The van der Waals surface area contributed by atoms with Crippen molar-refractivity contribution < 1.29 is 4.79 Å². The minimum absolute atomic E-state index is 0.105. The third kappa shape index (κ3) is 3.07. The van der Waals surface area contributed by atoms with Crippen LogP contribution in [0, 0.1) is 3.57 Å². The molecule has 0 unspecified atom stereocenters. The molecule has 1 aliphatic rings. The van der Waals surface area contributed by atoms with Crippen LogP contribution in [0.1, 0.15) is 23.9 Å². The Bertz CT molecular complexity index is 991. The van der Waals surface area contributed by atoms with E-state index in [0.717, 1.165) is 34.0 Å². The summed E-state index contributed by atoms with van der Waals surface area (Å²) in [4.78, 5) is 16.2. The molecular formula is C18H14IN5O. The van der Waals surface area contributed by atoms with Gasteiger partial charge in [0, 0.05) is 27.3 Å². The number of hydrogen-bond acceptors (Lipinski definition) is 4. The van der Waals surface area contributed by atoms with Crippen LogP contribution in [0.5, 0.6) is 0 Å². The minimum atomic E-state index is -0.105. The second-order valence-electron chi connectivity index (χ2n) is 5.70. The summed E-state index contributed by atoms with van der Waals surface area (Å²) in [5.41, 5.74) is 4.53. The number of rotatable bonds is 2. The smallest absolute Gasteiger partial charge is 0.221 e. The Morgan fingerprint density at radius 1 is 1.20 bits per heavy atom. The van der Waals surface area contributed by atoms with Crippen LogP contribution in [0.4, 0.5) is 5.69 Å². The molecule has 0 bridgehead atoms. The molecule has 3 aromatic rings. The van der Waals surface area contributed by atoms with Crippen LogP contribution in [-0.2, 0) is 11.3 Å². The van der Waals surface area contributed by atoms with Crippen molar-refractivity contribution in [3.05, 3.63) is 69.3 Å². The first-order valence-corrected chi connectivity index (χ1v) is 8.81. The van der Waals surface area contributed by atoms with E-state index in [-0.39, 0.29) is 5.91 Å². The summed E-state index contributed by atoms with van der Waals surface area (Å²) in [6.07, 6.45) is 1.69. The standard InChI is InChI=1S/C18H14IN5O/c1-11(25)22-14-6-7-16-15(8-14)18(12-2-4-13(19)5-3-12)20-9-17-23-21-10-24(16)17/h2-8,10H,9H2,1H3,(H,22,25). The normalized spacial score (nSPS) is 12.6. The zero-order valence-corrected chi connectivity index (χ0v) is 15.6. The topological polar surface area (TPSA) is 72.2 Å². The van der Waals surface area contributed by atoms with E-state index in [1.807, 2.05) is 22.8 Å². The van der Waals surface area contributed by atoms with E-state index in [4.69, 9.17) is 4.99 Å². The number of anilines is 1. The highest BCUT2D eigenvalue weighted by Gasteiger charge is 2.20. The van der Waals surface area contributed by atoms with Gasteiger partial charge in [-0.25, -0.2) is 0 Å². The van der Waals surface area contributed by atoms with Crippen molar-refractivity contribution in [3.8, 4) is 5.69 Å². The van der Waals surface area contributed by atoms with Crippen LogP contribution in [0.25, 0.3) is 5.69 Å². The molecule has 0 spiro atoms. The van der Waals surface area contributed by atoms with Crippen LogP contribution in [0.15, 0.2) is 53.8 Å². The molecule has 25 heavy (non-hydrogen) atoms. The number of benzene rings is 2. The number of carbonyl (C=O) groups is 1. The summed E-state index contributed by atoms with van der Waals surface area (Å²) in [6.45, 7) is 1.95. The van der Waals surface area contributed by atoms with Gasteiger partial charge in [-0.15, -0.1) is 10.2 Å². The van der Waals surface area contributed by atoms with Crippen LogP contribution in [0.3, 0.4) is 0 Å². The van der Waals surface area contributed by atoms with Gasteiger partial charge in [0.1, 0.15) is 12.9 Å². The Morgan fingerprint density at radius 2 is 2.00 bits per heavy atom. The quantitative estimate of drug-likeness (QED) is 0.619.